The quantitative estimate of drug-likeness (QED) is 0.711. The molecular formula is C17H14N4O2S2. The zero-order valence-electron chi connectivity index (χ0n) is 13.2. The summed E-state index contributed by atoms with van der Waals surface area (Å²) < 4.78 is 27.3. The van der Waals surface area contributed by atoms with Gasteiger partial charge in [0.05, 0.1) is 23.5 Å². The van der Waals surface area contributed by atoms with Gasteiger partial charge < -0.3 is 5.32 Å². The molecule has 3 aromatic rings. The Morgan fingerprint density at radius 3 is 2.32 bits per heavy atom. The fraction of sp³-hybridized carbons (Fsp3) is 0.0588. The molecule has 126 valence electrons. The second kappa shape index (κ2) is 6.93. The lowest BCUT2D eigenvalue weighted by molar-refractivity contribution is 0.603. The first kappa shape index (κ1) is 17.0. The molecule has 0 atom stereocenters. The molecule has 0 radical (unpaired) electrons. The summed E-state index contributed by atoms with van der Waals surface area (Å²) in [7, 11) is -3.59. The molecule has 0 saturated heterocycles. The maximum absolute atomic E-state index is 12.3. The Morgan fingerprint density at radius 2 is 1.76 bits per heavy atom. The predicted molar refractivity (Wildman–Crippen MR) is 98.5 cm³/mol. The minimum Gasteiger partial charge on any atom is -0.340 e. The van der Waals surface area contributed by atoms with Gasteiger partial charge in [0.1, 0.15) is 10.0 Å². The second-order valence-corrected chi connectivity index (χ2v) is 8.41. The fourth-order valence-corrected chi connectivity index (χ4v) is 4.39. The fourth-order valence-electron chi connectivity index (χ4n) is 2.07. The summed E-state index contributed by atoms with van der Waals surface area (Å²) in [4.78, 5) is 5.13. The van der Waals surface area contributed by atoms with Crippen LogP contribution in [0, 0.1) is 18.3 Å². The van der Waals surface area contributed by atoms with Gasteiger partial charge in [-0.25, -0.2) is 13.4 Å². The topological polar surface area (TPSA) is 94.9 Å². The number of benzene rings is 1. The molecule has 0 aliphatic carbocycles. The van der Waals surface area contributed by atoms with Crippen LogP contribution < -0.4 is 10.0 Å². The van der Waals surface area contributed by atoms with Crippen molar-refractivity contribution in [2.45, 2.75) is 11.1 Å². The molecule has 2 heterocycles. The van der Waals surface area contributed by atoms with Gasteiger partial charge in [-0.05, 0) is 55.5 Å². The predicted octanol–water partition coefficient (Wildman–Crippen LogP) is 3.87. The minimum atomic E-state index is -3.59. The molecule has 25 heavy (non-hydrogen) atoms. The van der Waals surface area contributed by atoms with Crippen LogP contribution >= 0.6 is 11.3 Å². The Hall–Kier alpha value is -2.89. The minimum absolute atomic E-state index is 0.268. The van der Waals surface area contributed by atoms with Gasteiger partial charge in [-0.3, -0.25) is 4.72 Å². The van der Waals surface area contributed by atoms with Crippen LogP contribution in [0.4, 0.5) is 17.2 Å². The third-order valence-corrected chi connectivity index (χ3v) is 6.16. The van der Waals surface area contributed by atoms with Crippen LogP contribution in [0.2, 0.25) is 0 Å². The number of hydrogen-bond donors (Lipinski definition) is 2. The lowest BCUT2D eigenvalue weighted by atomic mass is 10.2. The van der Waals surface area contributed by atoms with Crippen molar-refractivity contribution in [2.75, 3.05) is 10.0 Å². The van der Waals surface area contributed by atoms with E-state index in [0.717, 1.165) is 10.6 Å². The molecule has 0 bridgehead atoms. The van der Waals surface area contributed by atoms with E-state index in [1.807, 2.05) is 6.92 Å². The zero-order chi connectivity index (χ0) is 17.9. The van der Waals surface area contributed by atoms with Gasteiger partial charge in [-0.2, -0.15) is 5.26 Å². The summed E-state index contributed by atoms with van der Waals surface area (Å²) in [6.45, 7) is 1.86. The summed E-state index contributed by atoms with van der Waals surface area (Å²) in [5.74, 6) is 0.569. The molecule has 6 nitrogen and oxygen atoms in total. The van der Waals surface area contributed by atoms with Gasteiger partial charge in [0.2, 0.25) is 0 Å². The van der Waals surface area contributed by atoms with E-state index < -0.39 is 10.0 Å². The number of nitrogens with one attached hydrogen (secondary N) is 2. The molecule has 0 fully saturated rings. The monoisotopic (exact) mass is 370 g/mol. The third-order valence-electron chi connectivity index (χ3n) is 3.28. The number of nitriles is 1. The molecule has 0 amide bonds. The van der Waals surface area contributed by atoms with Crippen molar-refractivity contribution in [3.8, 4) is 6.07 Å². The summed E-state index contributed by atoms with van der Waals surface area (Å²) >= 11 is 1.22. The zero-order valence-corrected chi connectivity index (χ0v) is 14.9. The Bertz CT molecular complexity index is 1020. The standard InChI is InChI=1S/C17H14N4O2S2/c1-12-2-9-17(24-12)25(22,23)21-15-7-8-16(19-11-15)20-14-5-3-13(10-18)4-6-14/h2-9,11,21H,1H3,(H,19,20). The van der Waals surface area contributed by atoms with Gasteiger partial charge >= 0.3 is 0 Å². The second-order valence-electron chi connectivity index (χ2n) is 5.22. The lowest BCUT2D eigenvalue weighted by Gasteiger charge is -2.08. The van der Waals surface area contributed by atoms with E-state index in [-0.39, 0.29) is 4.21 Å². The molecule has 0 aliphatic rings. The first-order chi connectivity index (χ1) is 12.0. The summed E-state index contributed by atoms with van der Waals surface area (Å²) in [6, 6.07) is 15.7. The van der Waals surface area contributed by atoms with Crippen LogP contribution in [0.1, 0.15) is 10.4 Å². The molecule has 3 rings (SSSR count). The van der Waals surface area contributed by atoms with Crippen molar-refractivity contribution in [2.24, 2.45) is 0 Å². The van der Waals surface area contributed by atoms with Crippen LogP contribution in [0.15, 0.2) is 58.9 Å². The summed E-state index contributed by atoms with van der Waals surface area (Å²) in [5, 5.41) is 11.9. The molecule has 0 spiro atoms. The van der Waals surface area contributed by atoms with Crippen LogP contribution in [-0.2, 0) is 10.0 Å². The van der Waals surface area contributed by atoms with E-state index in [2.05, 4.69) is 21.1 Å². The first-order valence-electron chi connectivity index (χ1n) is 7.29. The van der Waals surface area contributed by atoms with Gasteiger partial charge in [0, 0.05) is 10.6 Å². The average molecular weight is 370 g/mol. The van der Waals surface area contributed by atoms with E-state index in [1.54, 1.807) is 48.5 Å². The SMILES string of the molecule is Cc1ccc(S(=O)(=O)Nc2ccc(Nc3ccc(C#N)cc3)nc2)s1. The highest BCUT2D eigenvalue weighted by Crippen LogP contribution is 2.24. The van der Waals surface area contributed by atoms with Gasteiger partial charge in [0.25, 0.3) is 10.0 Å². The van der Waals surface area contributed by atoms with E-state index >= 15 is 0 Å². The van der Waals surface area contributed by atoms with Crippen molar-refractivity contribution in [1.29, 1.82) is 5.26 Å². The van der Waals surface area contributed by atoms with Crippen molar-refractivity contribution in [3.63, 3.8) is 0 Å². The average Bonchev–Trinajstić information content (AvgIpc) is 3.05. The normalized spacial score (nSPS) is 10.9. The number of aryl methyl sites for hydroxylation is 1. The highest BCUT2D eigenvalue weighted by molar-refractivity contribution is 7.94. The van der Waals surface area contributed by atoms with Gasteiger partial charge in [0.15, 0.2) is 0 Å². The highest BCUT2D eigenvalue weighted by atomic mass is 32.2. The number of hydrogen-bond acceptors (Lipinski definition) is 6. The number of aromatic nitrogens is 1. The largest absolute Gasteiger partial charge is 0.340 e. The van der Waals surface area contributed by atoms with E-state index in [0.29, 0.717) is 17.1 Å². The van der Waals surface area contributed by atoms with E-state index in [1.165, 1.54) is 17.5 Å². The van der Waals surface area contributed by atoms with Crippen LogP contribution in [0.25, 0.3) is 0 Å². The number of thiophene rings is 1. The van der Waals surface area contributed by atoms with Crippen molar-refractivity contribution in [3.05, 3.63) is 65.2 Å². The smallest absolute Gasteiger partial charge is 0.271 e. The van der Waals surface area contributed by atoms with E-state index in [9.17, 15) is 8.42 Å². The molecule has 0 unspecified atom stereocenters. The molecular weight excluding hydrogens is 356 g/mol. The highest BCUT2D eigenvalue weighted by Gasteiger charge is 2.16. The molecule has 2 aromatic heterocycles. The maximum Gasteiger partial charge on any atom is 0.271 e. The number of sulfonamides is 1. The maximum atomic E-state index is 12.3. The summed E-state index contributed by atoms with van der Waals surface area (Å²) in [5.41, 5.74) is 1.75. The number of pyridine rings is 1. The number of nitrogens with zero attached hydrogens (tertiary/aromatic N) is 2. The molecule has 0 saturated carbocycles. The van der Waals surface area contributed by atoms with Gasteiger partial charge in [-0.15, -0.1) is 11.3 Å². The Kier molecular flexibility index (Phi) is 4.70. The Labute approximate surface area is 149 Å². The van der Waals surface area contributed by atoms with Crippen LogP contribution in [0.5, 0.6) is 0 Å². The van der Waals surface area contributed by atoms with Gasteiger partial charge in [-0.1, -0.05) is 0 Å². The lowest BCUT2D eigenvalue weighted by Crippen LogP contribution is -2.11. The third kappa shape index (κ3) is 4.15. The first-order valence-corrected chi connectivity index (χ1v) is 9.59. The van der Waals surface area contributed by atoms with Crippen LogP contribution in [0.3, 0.4) is 0 Å². The summed E-state index contributed by atoms with van der Waals surface area (Å²) in [6.07, 6.45) is 1.45. The molecule has 1 aromatic carbocycles. The Morgan fingerprint density at radius 1 is 1.04 bits per heavy atom. The Balaban J connectivity index is 1.70. The van der Waals surface area contributed by atoms with Crippen molar-refractivity contribution < 1.29 is 8.42 Å². The molecule has 8 heteroatoms. The molecule has 2 N–H and O–H groups in total. The van der Waals surface area contributed by atoms with Crippen LogP contribution in [-0.4, -0.2) is 13.4 Å². The number of rotatable bonds is 5. The molecule has 0 aliphatic heterocycles. The van der Waals surface area contributed by atoms with E-state index in [4.69, 9.17) is 5.26 Å². The van der Waals surface area contributed by atoms with Crippen molar-refractivity contribution in [1.82, 2.24) is 4.98 Å². The number of anilines is 3. The van der Waals surface area contributed by atoms with Crippen molar-refractivity contribution >= 4 is 38.6 Å².